The first kappa shape index (κ1) is 14.2. The van der Waals surface area contributed by atoms with E-state index in [1.54, 1.807) is 7.11 Å². The molecule has 0 saturated carbocycles. The van der Waals surface area contributed by atoms with E-state index in [0.29, 0.717) is 0 Å². The van der Waals surface area contributed by atoms with Gasteiger partial charge in [0.05, 0.1) is 7.11 Å². The van der Waals surface area contributed by atoms with E-state index in [0.717, 1.165) is 28.0 Å². The second kappa shape index (κ2) is 6.77. The Bertz CT molecular complexity index is 702. The molecule has 0 aliphatic carbocycles. The maximum absolute atomic E-state index is 5.79. The zero-order chi connectivity index (χ0) is 15.2. The molecule has 3 aromatic rings. The van der Waals surface area contributed by atoms with Crippen LogP contribution in [0.4, 0.5) is 0 Å². The van der Waals surface area contributed by atoms with E-state index >= 15 is 0 Å². The Morgan fingerprint density at radius 1 is 0.545 bits per heavy atom. The van der Waals surface area contributed by atoms with Gasteiger partial charge in [0.1, 0.15) is 5.76 Å². The highest BCUT2D eigenvalue weighted by atomic mass is 16.5. The molecule has 0 aliphatic rings. The van der Waals surface area contributed by atoms with E-state index < -0.39 is 0 Å². The van der Waals surface area contributed by atoms with Gasteiger partial charge in [0.25, 0.3) is 0 Å². The maximum atomic E-state index is 5.79. The van der Waals surface area contributed by atoms with Gasteiger partial charge in [0.2, 0.25) is 0 Å². The fourth-order valence-electron chi connectivity index (χ4n) is 2.59. The number of rotatable bonds is 4. The van der Waals surface area contributed by atoms with Crippen LogP contribution in [0.25, 0.3) is 11.3 Å². The topological polar surface area (TPSA) is 9.23 Å². The molecule has 0 saturated heterocycles. The first-order valence-electron chi connectivity index (χ1n) is 7.34. The Labute approximate surface area is 131 Å². The second-order valence-electron chi connectivity index (χ2n) is 5.01. The number of hydrogen-bond acceptors (Lipinski definition) is 1. The average molecular weight is 286 g/mol. The van der Waals surface area contributed by atoms with Crippen molar-refractivity contribution in [1.82, 2.24) is 0 Å². The summed E-state index contributed by atoms with van der Waals surface area (Å²) in [6.45, 7) is 0. The van der Waals surface area contributed by atoms with Crippen LogP contribution in [0.2, 0.25) is 0 Å². The van der Waals surface area contributed by atoms with Gasteiger partial charge in [0, 0.05) is 11.1 Å². The fourth-order valence-corrected chi connectivity index (χ4v) is 2.59. The smallest absolute Gasteiger partial charge is 0.134 e. The van der Waals surface area contributed by atoms with Crippen molar-refractivity contribution in [3.63, 3.8) is 0 Å². The van der Waals surface area contributed by atoms with Crippen molar-refractivity contribution in [3.8, 4) is 0 Å². The molecule has 0 heterocycles. The predicted octanol–water partition coefficient (Wildman–Crippen LogP) is 5.25. The van der Waals surface area contributed by atoms with E-state index in [9.17, 15) is 0 Å². The first-order valence-corrected chi connectivity index (χ1v) is 7.34. The minimum atomic E-state index is 0.887. The Hall–Kier alpha value is -2.80. The van der Waals surface area contributed by atoms with Gasteiger partial charge in [-0.25, -0.2) is 0 Å². The van der Waals surface area contributed by atoms with Gasteiger partial charge in [-0.2, -0.15) is 0 Å². The van der Waals surface area contributed by atoms with E-state index in [1.165, 1.54) is 0 Å². The predicted molar refractivity (Wildman–Crippen MR) is 92.3 cm³/mol. The highest BCUT2D eigenvalue weighted by Crippen LogP contribution is 2.32. The van der Waals surface area contributed by atoms with Crippen molar-refractivity contribution < 1.29 is 4.74 Å². The molecule has 0 atom stereocenters. The third kappa shape index (κ3) is 2.94. The quantitative estimate of drug-likeness (QED) is 0.470. The van der Waals surface area contributed by atoms with Crippen molar-refractivity contribution in [2.45, 2.75) is 0 Å². The molecule has 3 rings (SSSR count). The Morgan fingerprint density at radius 2 is 0.909 bits per heavy atom. The van der Waals surface area contributed by atoms with Gasteiger partial charge in [-0.15, -0.1) is 0 Å². The summed E-state index contributed by atoms with van der Waals surface area (Å²) >= 11 is 0. The van der Waals surface area contributed by atoms with Gasteiger partial charge in [-0.05, 0) is 11.1 Å². The molecule has 22 heavy (non-hydrogen) atoms. The van der Waals surface area contributed by atoms with Crippen molar-refractivity contribution in [2.24, 2.45) is 0 Å². The summed E-state index contributed by atoms with van der Waals surface area (Å²) in [6, 6.07) is 31.0. The Balaban J connectivity index is 2.27. The van der Waals surface area contributed by atoms with Crippen LogP contribution in [-0.2, 0) is 4.74 Å². The van der Waals surface area contributed by atoms with Crippen LogP contribution in [-0.4, -0.2) is 7.11 Å². The minimum Gasteiger partial charge on any atom is -0.495 e. The van der Waals surface area contributed by atoms with Crippen LogP contribution in [0.5, 0.6) is 0 Å². The molecule has 1 heteroatoms. The lowest BCUT2D eigenvalue weighted by molar-refractivity contribution is 0.371. The van der Waals surface area contributed by atoms with Crippen molar-refractivity contribution >= 4 is 11.3 Å². The van der Waals surface area contributed by atoms with Crippen LogP contribution < -0.4 is 0 Å². The lowest BCUT2D eigenvalue weighted by Gasteiger charge is -2.15. The molecule has 3 aromatic carbocycles. The van der Waals surface area contributed by atoms with E-state index in [1.807, 2.05) is 30.3 Å². The molecular weight excluding hydrogens is 268 g/mol. The first-order chi connectivity index (χ1) is 10.9. The summed E-state index contributed by atoms with van der Waals surface area (Å²) < 4.78 is 5.79. The normalized spacial score (nSPS) is 10.0. The number of ether oxygens (including phenoxy) is 1. The molecule has 1 nitrogen and oxygen atoms in total. The monoisotopic (exact) mass is 286 g/mol. The van der Waals surface area contributed by atoms with Crippen molar-refractivity contribution in [1.29, 1.82) is 0 Å². The molecule has 0 fully saturated rings. The van der Waals surface area contributed by atoms with Gasteiger partial charge >= 0.3 is 0 Å². The molecule has 0 aromatic heterocycles. The highest BCUT2D eigenvalue weighted by Gasteiger charge is 2.14. The van der Waals surface area contributed by atoms with Crippen LogP contribution in [0.1, 0.15) is 16.7 Å². The van der Waals surface area contributed by atoms with Crippen LogP contribution in [0.15, 0.2) is 91.0 Å². The number of hydrogen-bond donors (Lipinski definition) is 0. The lowest BCUT2D eigenvalue weighted by Crippen LogP contribution is -1.96. The summed E-state index contributed by atoms with van der Waals surface area (Å²) in [4.78, 5) is 0. The van der Waals surface area contributed by atoms with E-state index in [4.69, 9.17) is 4.74 Å². The second-order valence-corrected chi connectivity index (χ2v) is 5.01. The average Bonchev–Trinajstić information content (AvgIpc) is 2.62. The van der Waals surface area contributed by atoms with Crippen molar-refractivity contribution in [3.05, 3.63) is 108 Å². The fraction of sp³-hybridized carbons (Fsp3) is 0.0476. The summed E-state index contributed by atoms with van der Waals surface area (Å²) in [5.41, 5.74) is 4.48. The van der Waals surface area contributed by atoms with Gasteiger partial charge < -0.3 is 4.74 Å². The third-order valence-corrected chi connectivity index (χ3v) is 3.59. The highest BCUT2D eigenvalue weighted by molar-refractivity contribution is 5.96. The SMILES string of the molecule is COC(=C(c1ccccc1)c1ccccc1)c1ccccc1. The van der Waals surface area contributed by atoms with E-state index in [-0.39, 0.29) is 0 Å². The molecule has 0 aliphatic heterocycles. The molecule has 0 radical (unpaired) electrons. The summed E-state index contributed by atoms with van der Waals surface area (Å²) in [6.07, 6.45) is 0. The van der Waals surface area contributed by atoms with Crippen molar-refractivity contribution in [2.75, 3.05) is 7.11 Å². The van der Waals surface area contributed by atoms with Crippen LogP contribution in [0.3, 0.4) is 0 Å². The Kier molecular flexibility index (Phi) is 4.35. The Morgan fingerprint density at radius 3 is 1.27 bits per heavy atom. The van der Waals surface area contributed by atoms with Gasteiger partial charge in [0.15, 0.2) is 0 Å². The summed E-state index contributed by atoms with van der Waals surface area (Å²) in [5, 5.41) is 0. The summed E-state index contributed by atoms with van der Waals surface area (Å²) in [7, 11) is 1.73. The molecule has 0 amide bonds. The molecule has 108 valence electrons. The molecule has 0 unspecified atom stereocenters. The zero-order valence-corrected chi connectivity index (χ0v) is 12.6. The molecular formula is C21H18O. The molecule has 0 N–H and O–H groups in total. The minimum absolute atomic E-state index is 0.887. The number of benzene rings is 3. The van der Waals surface area contributed by atoms with Crippen LogP contribution in [0, 0.1) is 0 Å². The number of methoxy groups -OCH3 is 1. The largest absolute Gasteiger partial charge is 0.495 e. The third-order valence-electron chi connectivity index (χ3n) is 3.59. The standard InChI is InChI=1S/C21H18O/c1-22-21(19-15-9-4-10-16-19)20(17-11-5-2-6-12-17)18-13-7-3-8-14-18/h2-16H,1H3. The lowest BCUT2D eigenvalue weighted by atomic mass is 9.94. The van der Waals surface area contributed by atoms with Crippen LogP contribution >= 0.6 is 0 Å². The zero-order valence-electron chi connectivity index (χ0n) is 12.6. The summed E-state index contributed by atoms with van der Waals surface area (Å²) in [5.74, 6) is 0.887. The maximum Gasteiger partial charge on any atom is 0.134 e. The van der Waals surface area contributed by atoms with E-state index in [2.05, 4.69) is 60.7 Å². The van der Waals surface area contributed by atoms with Gasteiger partial charge in [-0.3, -0.25) is 0 Å². The molecule has 0 spiro atoms. The van der Waals surface area contributed by atoms with Gasteiger partial charge in [-0.1, -0.05) is 91.0 Å². The molecule has 0 bridgehead atoms.